The van der Waals surface area contributed by atoms with E-state index in [1.165, 1.54) is 11.6 Å². The van der Waals surface area contributed by atoms with E-state index in [9.17, 15) is 4.39 Å². The van der Waals surface area contributed by atoms with Crippen molar-refractivity contribution in [1.29, 1.82) is 0 Å². The Hall–Kier alpha value is -0.420. The van der Waals surface area contributed by atoms with Crippen molar-refractivity contribution in [2.24, 2.45) is 0 Å². The molecule has 0 fully saturated rings. The van der Waals surface area contributed by atoms with Crippen molar-refractivity contribution in [1.82, 2.24) is 5.32 Å². The average Bonchev–Trinajstić information content (AvgIpc) is 2.70. The normalized spacial score (nSPS) is 12.7. The molecule has 5 heteroatoms. The highest BCUT2D eigenvalue weighted by atomic mass is 79.9. The zero-order valence-electron chi connectivity index (χ0n) is 10.6. The fourth-order valence-corrected chi connectivity index (χ4v) is 3.70. The third-order valence-electron chi connectivity index (χ3n) is 2.85. The summed E-state index contributed by atoms with van der Waals surface area (Å²) >= 11 is 10.9. The van der Waals surface area contributed by atoms with Crippen LogP contribution in [0.2, 0.25) is 5.02 Å². The molecule has 0 radical (unpaired) electrons. The first-order chi connectivity index (χ1) is 9.02. The lowest BCUT2D eigenvalue weighted by Gasteiger charge is -2.17. The van der Waals surface area contributed by atoms with Crippen LogP contribution in [0, 0.1) is 12.7 Å². The Morgan fingerprint density at radius 3 is 2.68 bits per heavy atom. The zero-order valence-corrected chi connectivity index (χ0v) is 13.8. The van der Waals surface area contributed by atoms with Crippen LogP contribution < -0.4 is 5.32 Å². The van der Waals surface area contributed by atoms with Gasteiger partial charge in [-0.05, 0) is 58.7 Å². The van der Waals surface area contributed by atoms with Crippen molar-refractivity contribution in [2.75, 3.05) is 6.54 Å². The van der Waals surface area contributed by atoms with Gasteiger partial charge in [-0.2, -0.15) is 0 Å². The number of thiophene rings is 1. The summed E-state index contributed by atoms with van der Waals surface area (Å²) in [5.41, 5.74) is 2.08. The predicted octanol–water partition coefficient (Wildman–Crippen LogP) is 5.31. The molecule has 0 saturated heterocycles. The van der Waals surface area contributed by atoms with Crippen LogP contribution in [-0.4, -0.2) is 6.54 Å². The Labute approximate surface area is 129 Å². The number of benzene rings is 1. The van der Waals surface area contributed by atoms with Crippen LogP contribution in [0.4, 0.5) is 4.39 Å². The second-order valence-electron chi connectivity index (χ2n) is 4.27. The Bertz CT molecular complexity index is 565. The van der Waals surface area contributed by atoms with Gasteiger partial charge >= 0.3 is 0 Å². The molecular formula is C14H14BrClFNS. The SMILES string of the molecule is CCNC(c1ccc(Cl)c(F)c1)c1cc(C)c(Br)s1. The van der Waals surface area contributed by atoms with Gasteiger partial charge in [0, 0.05) is 4.88 Å². The van der Waals surface area contributed by atoms with Crippen LogP contribution in [0.3, 0.4) is 0 Å². The molecule has 2 aromatic rings. The molecule has 0 aliphatic heterocycles. The molecule has 0 bridgehead atoms. The summed E-state index contributed by atoms with van der Waals surface area (Å²) < 4.78 is 14.7. The number of halogens is 3. The topological polar surface area (TPSA) is 12.0 Å². The Morgan fingerprint density at radius 1 is 1.42 bits per heavy atom. The zero-order chi connectivity index (χ0) is 14.0. The van der Waals surface area contributed by atoms with Crippen molar-refractivity contribution in [2.45, 2.75) is 19.9 Å². The molecule has 2 rings (SSSR count). The van der Waals surface area contributed by atoms with Crippen LogP contribution in [-0.2, 0) is 0 Å². The van der Waals surface area contributed by atoms with Gasteiger partial charge in [0.2, 0.25) is 0 Å². The average molecular weight is 363 g/mol. The molecule has 0 aliphatic rings. The lowest BCUT2D eigenvalue weighted by molar-refractivity contribution is 0.607. The van der Waals surface area contributed by atoms with Crippen molar-refractivity contribution >= 4 is 38.9 Å². The van der Waals surface area contributed by atoms with Gasteiger partial charge in [0.15, 0.2) is 0 Å². The smallest absolute Gasteiger partial charge is 0.142 e. The maximum absolute atomic E-state index is 13.6. The quantitative estimate of drug-likeness (QED) is 0.777. The van der Waals surface area contributed by atoms with Gasteiger partial charge in [0.1, 0.15) is 5.82 Å². The van der Waals surface area contributed by atoms with Gasteiger partial charge in [0.05, 0.1) is 14.9 Å². The highest BCUT2D eigenvalue weighted by Gasteiger charge is 2.17. The van der Waals surface area contributed by atoms with Crippen LogP contribution in [0.15, 0.2) is 28.1 Å². The van der Waals surface area contributed by atoms with Gasteiger partial charge in [-0.15, -0.1) is 11.3 Å². The second kappa shape index (κ2) is 6.35. The standard InChI is InChI=1S/C14H14BrClFNS/c1-3-18-13(12-6-8(2)14(15)19-12)9-4-5-10(16)11(17)7-9/h4-7,13,18H,3H2,1-2H3. The molecule has 1 nitrogen and oxygen atoms in total. The van der Waals surface area contributed by atoms with Gasteiger partial charge in [0.25, 0.3) is 0 Å². The second-order valence-corrected chi connectivity index (χ2v) is 7.08. The lowest BCUT2D eigenvalue weighted by Crippen LogP contribution is -2.21. The molecule has 1 aromatic carbocycles. The van der Waals surface area contributed by atoms with E-state index < -0.39 is 0 Å². The molecule has 19 heavy (non-hydrogen) atoms. The largest absolute Gasteiger partial charge is 0.306 e. The highest BCUT2D eigenvalue weighted by molar-refractivity contribution is 9.11. The maximum atomic E-state index is 13.6. The molecule has 0 aliphatic carbocycles. The molecule has 0 saturated carbocycles. The van der Waals surface area contributed by atoms with Crippen LogP contribution in [0.1, 0.15) is 29.0 Å². The number of aryl methyl sites for hydroxylation is 1. The first kappa shape index (κ1) is 15.0. The predicted molar refractivity (Wildman–Crippen MR) is 83.7 cm³/mol. The molecule has 1 heterocycles. The van der Waals surface area contributed by atoms with Gasteiger partial charge in [-0.1, -0.05) is 24.6 Å². The minimum absolute atomic E-state index is 0.00762. The summed E-state index contributed by atoms with van der Waals surface area (Å²) in [5.74, 6) is -0.380. The van der Waals surface area contributed by atoms with Crippen molar-refractivity contribution in [3.63, 3.8) is 0 Å². The van der Waals surface area contributed by atoms with E-state index in [0.29, 0.717) is 0 Å². The molecule has 0 amide bonds. The van der Waals surface area contributed by atoms with Crippen LogP contribution >= 0.6 is 38.9 Å². The Kier molecular flexibility index (Phi) is 5.01. The van der Waals surface area contributed by atoms with Crippen molar-refractivity contribution in [3.05, 3.63) is 54.9 Å². The first-order valence-electron chi connectivity index (χ1n) is 5.97. The monoisotopic (exact) mass is 361 g/mol. The molecule has 0 spiro atoms. The van der Waals surface area contributed by atoms with E-state index in [1.807, 2.05) is 13.0 Å². The van der Waals surface area contributed by atoms with E-state index in [4.69, 9.17) is 11.6 Å². The third-order valence-corrected chi connectivity index (χ3v) is 5.35. The van der Waals surface area contributed by atoms with Gasteiger partial charge < -0.3 is 5.32 Å². The van der Waals surface area contributed by atoms with Gasteiger partial charge in [-0.25, -0.2) is 4.39 Å². The number of hydrogen-bond donors (Lipinski definition) is 1. The number of hydrogen-bond acceptors (Lipinski definition) is 2. The molecule has 1 N–H and O–H groups in total. The van der Waals surface area contributed by atoms with Gasteiger partial charge in [-0.3, -0.25) is 0 Å². The number of nitrogens with one attached hydrogen (secondary N) is 1. The van der Waals surface area contributed by atoms with E-state index in [0.717, 1.165) is 20.8 Å². The minimum Gasteiger partial charge on any atom is -0.306 e. The number of rotatable bonds is 4. The fraction of sp³-hybridized carbons (Fsp3) is 0.286. The Balaban J connectivity index is 2.41. The van der Waals surface area contributed by atoms with Crippen molar-refractivity contribution < 1.29 is 4.39 Å². The lowest BCUT2D eigenvalue weighted by atomic mass is 10.0. The molecule has 102 valence electrons. The molecular weight excluding hydrogens is 349 g/mol. The summed E-state index contributed by atoms with van der Waals surface area (Å²) in [6.45, 7) is 4.90. The summed E-state index contributed by atoms with van der Waals surface area (Å²) in [5, 5.41) is 3.54. The molecule has 1 aromatic heterocycles. The molecule has 1 atom stereocenters. The van der Waals surface area contributed by atoms with E-state index in [1.54, 1.807) is 17.4 Å². The van der Waals surface area contributed by atoms with E-state index in [-0.39, 0.29) is 16.9 Å². The van der Waals surface area contributed by atoms with Crippen LogP contribution in [0.5, 0.6) is 0 Å². The fourth-order valence-electron chi connectivity index (χ4n) is 1.90. The van der Waals surface area contributed by atoms with Crippen molar-refractivity contribution in [3.8, 4) is 0 Å². The van der Waals surface area contributed by atoms with E-state index in [2.05, 4.69) is 34.2 Å². The maximum Gasteiger partial charge on any atom is 0.142 e. The minimum atomic E-state index is -0.380. The summed E-state index contributed by atoms with van der Waals surface area (Å²) in [4.78, 5) is 1.16. The van der Waals surface area contributed by atoms with Crippen LogP contribution in [0.25, 0.3) is 0 Å². The Morgan fingerprint density at radius 2 is 2.16 bits per heavy atom. The highest BCUT2D eigenvalue weighted by Crippen LogP contribution is 2.35. The summed E-state index contributed by atoms with van der Waals surface area (Å²) in [6.07, 6.45) is 0. The molecule has 1 unspecified atom stereocenters. The summed E-state index contributed by atoms with van der Waals surface area (Å²) in [7, 11) is 0. The first-order valence-corrected chi connectivity index (χ1v) is 7.95. The van der Waals surface area contributed by atoms with E-state index >= 15 is 0 Å². The third kappa shape index (κ3) is 3.37. The summed E-state index contributed by atoms with van der Waals surface area (Å²) in [6, 6.07) is 7.08.